The molecule has 0 saturated carbocycles. The number of hydrogen-bond acceptors (Lipinski definition) is 1. The van der Waals surface area contributed by atoms with Crippen LogP contribution in [0.2, 0.25) is 0 Å². The molecule has 0 aliphatic heterocycles. The van der Waals surface area contributed by atoms with E-state index in [1.54, 1.807) is 12.3 Å². The Hall–Kier alpha value is -0.570. The van der Waals surface area contributed by atoms with Crippen LogP contribution in [0.15, 0.2) is 18.3 Å². The molecule has 1 rings (SSSR count). The third kappa shape index (κ3) is 2.46. The molecule has 0 aromatic carbocycles. The van der Waals surface area contributed by atoms with Gasteiger partial charge in [0.1, 0.15) is 0 Å². The number of rotatable bonds is 0. The van der Waals surface area contributed by atoms with Crippen LogP contribution < -0.4 is 22.0 Å². The molecule has 9 heavy (non-hydrogen) atoms. The zero-order valence-electron chi connectivity index (χ0n) is 5.06. The lowest BCUT2D eigenvalue weighted by Gasteiger charge is -1.82. The van der Waals surface area contributed by atoms with E-state index in [1.165, 1.54) is 0 Å². The molecule has 0 bridgehead atoms. The number of H-pyrrole nitrogens is 1. The molecule has 0 spiro atoms. The maximum absolute atomic E-state index is 8.73. The van der Waals surface area contributed by atoms with Crippen molar-refractivity contribution in [2.75, 3.05) is 0 Å². The van der Waals surface area contributed by atoms with Gasteiger partial charge in [-0.2, -0.15) is 0 Å². The second-order valence-electron chi connectivity index (χ2n) is 1.73. The maximum Gasteiger partial charge on any atom is 0.209 e. The maximum atomic E-state index is 8.73. The van der Waals surface area contributed by atoms with E-state index in [-0.39, 0.29) is 22.7 Å². The Bertz CT molecular complexity index is 152. The van der Waals surface area contributed by atoms with Crippen LogP contribution in [0, 0.1) is 6.92 Å². The fourth-order valence-corrected chi connectivity index (χ4v) is 0.494. The van der Waals surface area contributed by atoms with Crippen LogP contribution in [0.3, 0.4) is 0 Å². The van der Waals surface area contributed by atoms with E-state index in [9.17, 15) is 0 Å². The van der Waals surface area contributed by atoms with Crippen LogP contribution in [-0.4, -0.2) is 5.11 Å². The normalized spacial score (nSPS) is 8.11. The first-order chi connectivity index (χ1) is 3.79. The van der Waals surface area contributed by atoms with Crippen LogP contribution in [0.25, 0.3) is 0 Å². The van der Waals surface area contributed by atoms with E-state index in [4.69, 9.17) is 5.11 Å². The van der Waals surface area contributed by atoms with Gasteiger partial charge in [0, 0.05) is 13.0 Å². The molecule has 50 valence electrons. The number of halogens is 1. The molecule has 3 heteroatoms. The number of nitrogens with one attached hydrogen (secondary N) is 1. The summed E-state index contributed by atoms with van der Waals surface area (Å²) in [5.41, 5.74) is 1.04. The Kier molecular flexibility index (Phi) is 3.24. The topological polar surface area (TPSA) is 34.4 Å². The van der Waals surface area contributed by atoms with E-state index >= 15 is 0 Å². The van der Waals surface area contributed by atoms with Crippen LogP contribution in [-0.2, 0) is 0 Å². The van der Waals surface area contributed by atoms with Gasteiger partial charge in [-0.15, -0.1) is 0 Å². The summed E-state index contributed by atoms with van der Waals surface area (Å²) in [5.74, 6) is 0.274. The van der Waals surface area contributed by atoms with Crippen molar-refractivity contribution in [2.24, 2.45) is 0 Å². The van der Waals surface area contributed by atoms with Crippen molar-refractivity contribution >= 4 is 0 Å². The highest BCUT2D eigenvalue weighted by molar-refractivity contribution is 5.12. The molecule has 0 aliphatic carbocycles. The van der Waals surface area contributed by atoms with Crippen molar-refractivity contribution in [1.29, 1.82) is 0 Å². The summed E-state index contributed by atoms with van der Waals surface area (Å²) in [4.78, 5) is 2.85. The highest BCUT2D eigenvalue weighted by Crippen LogP contribution is 2.00. The summed E-state index contributed by atoms with van der Waals surface area (Å²) in [6.45, 7) is 1.93. The van der Waals surface area contributed by atoms with Crippen molar-refractivity contribution in [3.63, 3.8) is 0 Å². The third-order valence-electron chi connectivity index (χ3n) is 0.952. The molecule has 2 N–H and O–H groups in total. The van der Waals surface area contributed by atoms with Crippen molar-refractivity contribution in [3.8, 4) is 5.75 Å². The molecule has 0 radical (unpaired) electrons. The third-order valence-corrected chi connectivity index (χ3v) is 0.952. The summed E-state index contributed by atoms with van der Waals surface area (Å²) < 4.78 is 0. The molecule has 0 fully saturated rings. The summed E-state index contributed by atoms with van der Waals surface area (Å²) in [6.07, 6.45) is 1.55. The van der Waals surface area contributed by atoms with E-state index in [1.807, 2.05) is 13.0 Å². The van der Waals surface area contributed by atoms with Crippen molar-refractivity contribution < 1.29 is 27.1 Å². The zero-order chi connectivity index (χ0) is 5.98. The Morgan fingerprint density at radius 1 is 1.44 bits per heavy atom. The van der Waals surface area contributed by atoms with E-state index < -0.39 is 0 Å². The van der Waals surface area contributed by atoms with Gasteiger partial charge in [-0.3, -0.25) is 0 Å². The first-order valence-electron chi connectivity index (χ1n) is 2.46. The van der Waals surface area contributed by atoms with E-state index in [0.717, 1.165) is 5.69 Å². The first-order valence-corrected chi connectivity index (χ1v) is 2.46. The molecule has 0 atom stereocenters. The van der Waals surface area contributed by atoms with Crippen LogP contribution in [0.1, 0.15) is 5.69 Å². The van der Waals surface area contributed by atoms with Crippen LogP contribution in [0.4, 0.5) is 0 Å². The predicted molar refractivity (Wildman–Crippen MR) is 29.4 cm³/mol. The lowest BCUT2D eigenvalue weighted by Crippen LogP contribution is -3.00. The lowest BCUT2D eigenvalue weighted by molar-refractivity contribution is -0.388. The SMILES string of the molecule is Cc1ccc(O)c[nH+]1.[Br-]. The highest BCUT2D eigenvalue weighted by atomic mass is 79.9. The Balaban J connectivity index is 0.000000640. The average Bonchev–Trinajstić information content (AvgIpc) is 1.77. The standard InChI is InChI=1S/C6H7NO.BrH/c1-5-2-3-6(8)4-7-5;/h2-4,8H,1H3;1H. The van der Waals surface area contributed by atoms with Crippen molar-refractivity contribution in [3.05, 3.63) is 24.0 Å². The van der Waals surface area contributed by atoms with Crippen molar-refractivity contribution in [2.45, 2.75) is 6.92 Å². The van der Waals surface area contributed by atoms with Crippen molar-refractivity contribution in [1.82, 2.24) is 0 Å². The number of hydrogen-bond donors (Lipinski definition) is 1. The predicted octanol–water partition coefficient (Wildman–Crippen LogP) is -2.48. The molecule has 1 heterocycles. The van der Waals surface area contributed by atoms with Gasteiger partial charge in [-0.25, -0.2) is 4.98 Å². The summed E-state index contributed by atoms with van der Waals surface area (Å²) in [5, 5.41) is 8.73. The van der Waals surface area contributed by atoms with Gasteiger partial charge >= 0.3 is 0 Å². The van der Waals surface area contributed by atoms with Crippen LogP contribution >= 0.6 is 0 Å². The van der Waals surface area contributed by atoms with Gasteiger partial charge in [0.15, 0.2) is 11.4 Å². The minimum atomic E-state index is 0. The molecular weight excluding hydrogens is 182 g/mol. The minimum Gasteiger partial charge on any atom is -1.00 e. The van der Waals surface area contributed by atoms with Gasteiger partial charge in [-0.1, -0.05) is 0 Å². The smallest absolute Gasteiger partial charge is 0.209 e. The number of pyridine rings is 1. The van der Waals surface area contributed by atoms with E-state index in [2.05, 4.69) is 4.98 Å². The van der Waals surface area contributed by atoms with Gasteiger partial charge in [0.25, 0.3) is 0 Å². The second kappa shape index (κ2) is 3.45. The van der Waals surface area contributed by atoms with Gasteiger partial charge in [0.2, 0.25) is 6.20 Å². The zero-order valence-corrected chi connectivity index (χ0v) is 6.64. The Morgan fingerprint density at radius 3 is 2.44 bits per heavy atom. The minimum absolute atomic E-state index is 0. The molecular formula is C6H8BrNO. The fraction of sp³-hybridized carbons (Fsp3) is 0.167. The second-order valence-corrected chi connectivity index (χ2v) is 1.73. The lowest BCUT2D eigenvalue weighted by atomic mass is 10.4. The molecule has 1 aromatic rings. The summed E-state index contributed by atoms with van der Waals surface area (Å²) >= 11 is 0. The molecule has 1 aromatic heterocycles. The van der Waals surface area contributed by atoms with Gasteiger partial charge in [0.05, 0.1) is 0 Å². The molecule has 2 nitrogen and oxygen atoms in total. The number of aromatic nitrogens is 1. The largest absolute Gasteiger partial charge is 1.00 e. The average molecular weight is 190 g/mol. The summed E-state index contributed by atoms with van der Waals surface area (Å²) in [6, 6.07) is 3.46. The summed E-state index contributed by atoms with van der Waals surface area (Å²) in [7, 11) is 0. The Labute approximate surface area is 64.3 Å². The van der Waals surface area contributed by atoms with Gasteiger partial charge in [-0.05, 0) is 6.07 Å². The quantitative estimate of drug-likeness (QED) is 0.483. The monoisotopic (exact) mass is 189 g/mol. The number of aryl methyl sites for hydroxylation is 1. The van der Waals surface area contributed by atoms with E-state index in [0.29, 0.717) is 0 Å². The fourth-order valence-electron chi connectivity index (χ4n) is 0.494. The molecule has 0 aliphatic rings. The number of aromatic amines is 1. The number of aromatic hydroxyl groups is 1. The van der Waals surface area contributed by atoms with Crippen LogP contribution in [0.5, 0.6) is 5.75 Å². The van der Waals surface area contributed by atoms with Gasteiger partial charge < -0.3 is 22.1 Å². The molecule has 0 unspecified atom stereocenters. The molecule has 0 saturated heterocycles. The highest BCUT2D eigenvalue weighted by Gasteiger charge is 1.90. The Morgan fingerprint density at radius 2 is 2.11 bits per heavy atom. The first kappa shape index (κ1) is 8.43. The molecule has 0 amide bonds.